The lowest BCUT2D eigenvalue weighted by Gasteiger charge is -2.13. The number of hydrogen-bond donors (Lipinski definition) is 2. The molecule has 0 aliphatic heterocycles. The normalized spacial score (nSPS) is 12.2. The van der Waals surface area contributed by atoms with Gasteiger partial charge in [-0.3, -0.25) is 0 Å². The Balaban J connectivity index is 2.41. The van der Waals surface area contributed by atoms with Gasteiger partial charge >= 0.3 is 0 Å². The van der Waals surface area contributed by atoms with E-state index >= 15 is 0 Å². The van der Waals surface area contributed by atoms with Gasteiger partial charge in [0, 0.05) is 19.1 Å². The summed E-state index contributed by atoms with van der Waals surface area (Å²) < 4.78 is 10.5. The highest BCUT2D eigenvalue weighted by Crippen LogP contribution is 2.27. The summed E-state index contributed by atoms with van der Waals surface area (Å²) in [5.74, 6) is 1.52. The lowest BCUT2D eigenvalue weighted by atomic mass is 10.1. The molecule has 4 heteroatoms. The molecule has 0 saturated carbocycles. The average molecular weight is 266 g/mol. The van der Waals surface area contributed by atoms with Crippen LogP contribution in [0.2, 0.25) is 0 Å². The second kappa shape index (κ2) is 8.77. The number of ether oxygens (including phenoxy) is 2. The van der Waals surface area contributed by atoms with E-state index in [1.54, 1.807) is 14.2 Å². The number of methoxy groups -OCH3 is 2. The molecule has 0 aliphatic carbocycles. The van der Waals surface area contributed by atoms with Crippen LogP contribution in [0.1, 0.15) is 31.7 Å². The molecule has 0 saturated heterocycles. The van der Waals surface area contributed by atoms with Crippen molar-refractivity contribution in [3.8, 4) is 11.5 Å². The molecule has 0 amide bonds. The van der Waals surface area contributed by atoms with Gasteiger partial charge in [0.2, 0.25) is 0 Å². The standard InChI is InChI=1S/C15H26N2O2/c1-4-5-6-13(16)11-17-10-12-7-8-14(18-2)15(9-12)19-3/h7-9,13,17H,4-6,10-11,16H2,1-3H3. The average Bonchev–Trinajstić information content (AvgIpc) is 2.44. The van der Waals surface area contributed by atoms with Gasteiger partial charge in [0.05, 0.1) is 14.2 Å². The summed E-state index contributed by atoms with van der Waals surface area (Å²) in [6.07, 6.45) is 3.47. The summed E-state index contributed by atoms with van der Waals surface area (Å²) in [6, 6.07) is 6.18. The number of rotatable bonds is 9. The van der Waals surface area contributed by atoms with E-state index in [1.807, 2.05) is 18.2 Å². The Bertz CT molecular complexity index is 369. The molecule has 3 N–H and O–H groups in total. The molecule has 19 heavy (non-hydrogen) atoms. The van der Waals surface area contributed by atoms with Crippen LogP contribution in [-0.4, -0.2) is 26.8 Å². The topological polar surface area (TPSA) is 56.5 Å². The van der Waals surface area contributed by atoms with Crippen LogP contribution in [0.15, 0.2) is 18.2 Å². The monoisotopic (exact) mass is 266 g/mol. The van der Waals surface area contributed by atoms with Crippen molar-refractivity contribution in [3.63, 3.8) is 0 Å². The van der Waals surface area contributed by atoms with Crippen molar-refractivity contribution in [2.75, 3.05) is 20.8 Å². The molecule has 0 aliphatic rings. The van der Waals surface area contributed by atoms with Crippen molar-refractivity contribution in [2.24, 2.45) is 5.73 Å². The summed E-state index contributed by atoms with van der Waals surface area (Å²) >= 11 is 0. The van der Waals surface area contributed by atoms with E-state index in [0.29, 0.717) is 0 Å². The smallest absolute Gasteiger partial charge is 0.161 e. The first kappa shape index (κ1) is 15.8. The Kier molecular flexibility index (Phi) is 7.30. The molecule has 1 aromatic carbocycles. The molecule has 0 bridgehead atoms. The molecule has 1 atom stereocenters. The van der Waals surface area contributed by atoms with E-state index in [4.69, 9.17) is 15.2 Å². The minimum atomic E-state index is 0.236. The number of hydrogen-bond acceptors (Lipinski definition) is 4. The number of unbranched alkanes of at least 4 members (excludes halogenated alkanes) is 1. The fourth-order valence-corrected chi connectivity index (χ4v) is 1.96. The van der Waals surface area contributed by atoms with Crippen LogP contribution in [-0.2, 0) is 6.54 Å². The predicted molar refractivity (Wildman–Crippen MR) is 78.8 cm³/mol. The first-order chi connectivity index (χ1) is 9.21. The molecule has 0 aromatic heterocycles. The second-order valence-corrected chi connectivity index (χ2v) is 4.72. The zero-order chi connectivity index (χ0) is 14.1. The molecular formula is C15H26N2O2. The molecule has 1 aromatic rings. The van der Waals surface area contributed by atoms with Gasteiger partial charge in [0.15, 0.2) is 11.5 Å². The Morgan fingerprint density at radius 1 is 1.21 bits per heavy atom. The molecule has 0 heterocycles. The van der Waals surface area contributed by atoms with Crippen molar-refractivity contribution in [1.82, 2.24) is 5.32 Å². The SMILES string of the molecule is CCCCC(N)CNCc1ccc(OC)c(OC)c1. The minimum absolute atomic E-state index is 0.236. The van der Waals surface area contributed by atoms with E-state index in [2.05, 4.69) is 12.2 Å². The van der Waals surface area contributed by atoms with E-state index in [9.17, 15) is 0 Å². The first-order valence-corrected chi connectivity index (χ1v) is 6.88. The van der Waals surface area contributed by atoms with E-state index in [0.717, 1.165) is 31.0 Å². The fourth-order valence-electron chi connectivity index (χ4n) is 1.96. The van der Waals surface area contributed by atoms with Crippen LogP contribution in [0.25, 0.3) is 0 Å². The van der Waals surface area contributed by atoms with Crippen LogP contribution in [0, 0.1) is 0 Å². The Labute approximate surface area is 116 Å². The lowest BCUT2D eigenvalue weighted by molar-refractivity contribution is 0.354. The molecule has 0 spiro atoms. The molecule has 108 valence electrons. The lowest BCUT2D eigenvalue weighted by Crippen LogP contribution is -2.33. The van der Waals surface area contributed by atoms with Gasteiger partial charge in [-0.2, -0.15) is 0 Å². The Hall–Kier alpha value is -1.26. The van der Waals surface area contributed by atoms with Gasteiger partial charge in [-0.15, -0.1) is 0 Å². The van der Waals surface area contributed by atoms with Gasteiger partial charge in [-0.05, 0) is 24.1 Å². The highest BCUT2D eigenvalue weighted by molar-refractivity contribution is 5.42. The third kappa shape index (κ3) is 5.49. The van der Waals surface area contributed by atoms with Crippen LogP contribution >= 0.6 is 0 Å². The number of benzene rings is 1. The third-order valence-corrected chi connectivity index (χ3v) is 3.11. The summed E-state index contributed by atoms with van der Waals surface area (Å²) in [7, 11) is 3.29. The maximum Gasteiger partial charge on any atom is 0.161 e. The molecule has 4 nitrogen and oxygen atoms in total. The quantitative estimate of drug-likeness (QED) is 0.720. The summed E-state index contributed by atoms with van der Waals surface area (Å²) in [6.45, 7) is 3.82. The number of nitrogens with two attached hydrogens (primary N) is 1. The van der Waals surface area contributed by atoms with Gasteiger partial charge in [0.1, 0.15) is 0 Å². The van der Waals surface area contributed by atoms with Crippen molar-refractivity contribution in [1.29, 1.82) is 0 Å². The van der Waals surface area contributed by atoms with Crippen LogP contribution in [0.5, 0.6) is 11.5 Å². The van der Waals surface area contributed by atoms with Crippen LogP contribution in [0.3, 0.4) is 0 Å². The summed E-state index contributed by atoms with van der Waals surface area (Å²) in [4.78, 5) is 0. The molecule has 1 unspecified atom stereocenters. The van der Waals surface area contributed by atoms with E-state index in [1.165, 1.54) is 18.4 Å². The zero-order valence-electron chi connectivity index (χ0n) is 12.2. The van der Waals surface area contributed by atoms with Crippen molar-refractivity contribution in [3.05, 3.63) is 23.8 Å². The summed E-state index contributed by atoms with van der Waals surface area (Å²) in [5.41, 5.74) is 7.19. The highest BCUT2D eigenvalue weighted by Gasteiger charge is 2.05. The van der Waals surface area contributed by atoms with Crippen LogP contribution < -0.4 is 20.5 Å². The molecular weight excluding hydrogens is 240 g/mol. The maximum atomic E-state index is 6.02. The van der Waals surface area contributed by atoms with Gasteiger partial charge in [-0.25, -0.2) is 0 Å². The Morgan fingerprint density at radius 3 is 2.58 bits per heavy atom. The minimum Gasteiger partial charge on any atom is -0.493 e. The van der Waals surface area contributed by atoms with Crippen LogP contribution in [0.4, 0.5) is 0 Å². The van der Waals surface area contributed by atoms with Crippen molar-refractivity contribution >= 4 is 0 Å². The summed E-state index contributed by atoms with van der Waals surface area (Å²) in [5, 5.41) is 3.38. The van der Waals surface area contributed by atoms with Gasteiger partial charge in [-0.1, -0.05) is 25.8 Å². The zero-order valence-corrected chi connectivity index (χ0v) is 12.2. The highest BCUT2D eigenvalue weighted by atomic mass is 16.5. The van der Waals surface area contributed by atoms with Gasteiger partial charge < -0.3 is 20.5 Å². The van der Waals surface area contributed by atoms with E-state index < -0.39 is 0 Å². The largest absolute Gasteiger partial charge is 0.493 e. The van der Waals surface area contributed by atoms with Gasteiger partial charge in [0.25, 0.3) is 0 Å². The van der Waals surface area contributed by atoms with Crippen molar-refractivity contribution < 1.29 is 9.47 Å². The first-order valence-electron chi connectivity index (χ1n) is 6.88. The van der Waals surface area contributed by atoms with Crippen molar-refractivity contribution in [2.45, 2.75) is 38.8 Å². The Morgan fingerprint density at radius 2 is 1.95 bits per heavy atom. The fraction of sp³-hybridized carbons (Fsp3) is 0.600. The second-order valence-electron chi connectivity index (χ2n) is 4.72. The molecule has 1 rings (SSSR count). The number of nitrogens with one attached hydrogen (secondary N) is 1. The predicted octanol–water partition coefficient (Wildman–Crippen LogP) is 2.31. The van der Waals surface area contributed by atoms with E-state index in [-0.39, 0.29) is 6.04 Å². The molecule has 0 radical (unpaired) electrons. The third-order valence-electron chi connectivity index (χ3n) is 3.11. The maximum absolute atomic E-state index is 6.02. The molecule has 0 fully saturated rings.